The van der Waals surface area contributed by atoms with E-state index in [0.717, 1.165) is 12.0 Å². The van der Waals surface area contributed by atoms with Crippen molar-refractivity contribution in [3.63, 3.8) is 0 Å². The molecule has 0 spiro atoms. The molecular formula is C12H18BNO2S. The zero-order valence-corrected chi connectivity index (χ0v) is 11.3. The molecule has 0 radical (unpaired) electrons. The summed E-state index contributed by atoms with van der Waals surface area (Å²) in [7, 11) is 0.438. The maximum Gasteiger partial charge on any atom is 0.196 e. The second-order valence-electron chi connectivity index (χ2n) is 4.90. The molecule has 92 valence electrons. The molecule has 1 fully saturated rings. The van der Waals surface area contributed by atoms with E-state index < -0.39 is 14.7 Å². The highest BCUT2D eigenvalue weighted by Gasteiger charge is 2.53. The van der Waals surface area contributed by atoms with Crippen LogP contribution in [0.1, 0.15) is 18.4 Å². The molecule has 17 heavy (non-hydrogen) atoms. The molecule has 2 rings (SSSR count). The van der Waals surface area contributed by atoms with Crippen molar-refractivity contribution >= 4 is 17.7 Å². The number of nitrogens with one attached hydrogen (secondary N) is 1. The topological polar surface area (TPSA) is 46.2 Å². The Morgan fingerprint density at radius 2 is 1.94 bits per heavy atom. The monoisotopic (exact) mass is 251 g/mol. The largest absolute Gasteiger partial charge is 0.302 e. The Bertz CT molecular complexity index is 508. The molecule has 0 heterocycles. The van der Waals surface area contributed by atoms with Crippen molar-refractivity contribution in [2.75, 3.05) is 7.05 Å². The fourth-order valence-electron chi connectivity index (χ4n) is 2.53. The summed E-state index contributed by atoms with van der Waals surface area (Å²) in [5, 5.41) is 3.03. The molecule has 2 unspecified atom stereocenters. The fourth-order valence-corrected chi connectivity index (χ4v) is 4.75. The van der Waals surface area contributed by atoms with Gasteiger partial charge < -0.3 is 5.32 Å². The third-order valence-corrected chi connectivity index (χ3v) is 6.64. The predicted octanol–water partition coefficient (Wildman–Crippen LogP) is 0.900. The number of hydrogen-bond acceptors (Lipinski definition) is 3. The van der Waals surface area contributed by atoms with Gasteiger partial charge >= 0.3 is 0 Å². The standard InChI is InChI=1S/C12H18BNO2S/c1-9-3-5-10(6-4-9)17(15,16)12(14-2)8-7-11(12)13/h3-6,11,14H,7-8,13H2,1-2H3. The molecule has 2 atom stereocenters. The average Bonchev–Trinajstić information content (AvgIpc) is 2.28. The van der Waals surface area contributed by atoms with E-state index in [-0.39, 0.29) is 5.82 Å². The van der Waals surface area contributed by atoms with Gasteiger partial charge in [-0.3, -0.25) is 0 Å². The lowest BCUT2D eigenvalue weighted by Gasteiger charge is -2.47. The van der Waals surface area contributed by atoms with E-state index in [0.29, 0.717) is 11.3 Å². The van der Waals surface area contributed by atoms with E-state index >= 15 is 0 Å². The minimum Gasteiger partial charge on any atom is -0.302 e. The Morgan fingerprint density at radius 1 is 1.35 bits per heavy atom. The Morgan fingerprint density at radius 3 is 2.29 bits per heavy atom. The number of sulfone groups is 1. The molecule has 3 nitrogen and oxygen atoms in total. The summed E-state index contributed by atoms with van der Waals surface area (Å²) in [4.78, 5) is -0.341. The summed E-state index contributed by atoms with van der Waals surface area (Å²) in [6.45, 7) is 1.95. The molecule has 1 aromatic rings. The quantitative estimate of drug-likeness (QED) is 0.812. The first-order chi connectivity index (χ1) is 7.94. The van der Waals surface area contributed by atoms with Crippen molar-refractivity contribution in [3.8, 4) is 0 Å². The van der Waals surface area contributed by atoms with Crippen LogP contribution < -0.4 is 5.32 Å². The van der Waals surface area contributed by atoms with Crippen LogP contribution in [-0.2, 0) is 9.84 Å². The first-order valence-electron chi connectivity index (χ1n) is 5.94. The van der Waals surface area contributed by atoms with Crippen molar-refractivity contribution in [2.45, 2.75) is 35.3 Å². The van der Waals surface area contributed by atoms with Gasteiger partial charge in [-0.25, -0.2) is 8.42 Å². The van der Waals surface area contributed by atoms with E-state index in [1.165, 1.54) is 0 Å². The summed E-state index contributed by atoms with van der Waals surface area (Å²) < 4.78 is 25.3. The summed E-state index contributed by atoms with van der Waals surface area (Å²) in [5.41, 5.74) is 1.07. The van der Waals surface area contributed by atoms with Crippen LogP contribution in [0.15, 0.2) is 29.2 Å². The molecule has 1 aliphatic carbocycles. The summed E-state index contributed by atoms with van der Waals surface area (Å²) in [6, 6.07) is 7.10. The minimum absolute atomic E-state index is 0.166. The SMILES string of the molecule is BC1CCC1(NC)S(=O)(=O)c1ccc(C)cc1. The first-order valence-corrected chi connectivity index (χ1v) is 7.42. The normalized spacial score (nSPS) is 28.7. The predicted molar refractivity (Wildman–Crippen MR) is 71.7 cm³/mol. The summed E-state index contributed by atoms with van der Waals surface area (Å²) in [5.74, 6) is 0.166. The third-order valence-electron chi connectivity index (χ3n) is 3.98. The van der Waals surface area contributed by atoms with Gasteiger partial charge in [0.25, 0.3) is 0 Å². The Balaban J connectivity index is 2.46. The Hall–Kier alpha value is -0.805. The van der Waals surface area contributed by atoms with Crippen molar-refractivity contribution in [3.05, 3.63) is 29.8 Å². The van der Waals surface area contributed by atoms with E-state index in [1.807, 2.05) is 26.9 Å². The van der Waals surface area contributed by atoms with Gasteiger partial charge in [-0.1, -0.05) is 24.1 Å². The van der Waals surface area contributed by atoms with Crippen molar-refractivity contribution < 1.29 is 8.42 Å². The van der Waals surface area contributed by atoms with E-state index in [9.17, 15) is 8.42 Å². The van der Waals surface area contributed by atoms with E-state index in [2.05, 4.69) is 5.32 Å². The second kappa shape index (κ2) is 4.14. The van der Waals surface area contributed by atoms with Crippen LogP contribution in [0.25, 0.3) is 0 Å². The minimum atomic E-state index is -3.29. The fraction of sp³-hybridized carbons (Fsp3) is 0.500. The highest BCUT2D eigenvalue weighted by molar-refractivity contribution is 7.93. The van der Waals surface area contributed by atoms with E-state index in [1.54, 1.807) is 19.2 Å². The Kier molecular flexibility index (Phi) is 3.08. The lowest BCUT2D eigenvalue weighted by molar-refractivity contribution is 0.297. The van der Waals surface area contributed by atoms with Gasteiger partial charge in [0.1, 0.15) is 12.7 Å². The first kappa shape index (κ1) is 12.6. The highest BCUT2D eigenvalue weighted by atomic mass is 32.2. The third kappa shape index (κ3) is 1.72. The zero-order chi connectivity index (χ0) is 12.7. The van der Waals surface area contributed by atoms with Crippen molar-refractivity contribution in [1.29, 1.82) is 0 Å². The van der Waals surface area contributed by atoms with Gasteiger partial charge in [0.05, 0.1) is 4.90 Å². The van der Waals surface area contributed by atoms with Crippen LogP contribution in [0.2, 0.25) is 5.82 Å². The molecule has 0 saturated heterocycles. The van der Waals surface area contributed by atoms with Gasteiger partial charge in [0, 0.05) is 0 Å². The number of rotatable bonds is 3. The molecule has 1 aliphatic rings. The molecule has 1 saturated carbocycles. The van der Waals surface area contributed by atoms with Gasteiger partial charge in [-0.15, -0.1) is 0 Å². The maximum atomic E-state index is 12.6. The van der Waals surface area contributed by atoms with Crippen molar-refractivity contribution in [2.24, 2.45) is 0 Å². The lowest BCUT2D eigenvalue weighted by atomic mass is 9.66. The van der Waals surface area contributed by atoms with Crippen LogP contribution in [0.4, 0.5) is 0 Å². The molecule has 1 N–H and O–H groups in total. The van der Waals surface area contributed by atoms with Crippen LogP contribution in [0, 0.1) is 6.92 Å². The van der Waals surface area contributed by atoms with Crippen LogP contribution in [0.3, 0.4) is 0 Å². The van der Waals surface area contributed by atoms with Gasteiger partial charge in [0.15, 0.2) is 9.84 Å². The number of aryl methyl sites for hydroxylation is 1. The van der Waals surface area contributed by atoms with Gasteiger partial charge in [-0.05, 0) is 38.3 Å². The number of hydrogen-bond donors (Lipinski definition) is 1. The van der Waals surface area contributed by atoms with Crippen LogP contribution in [0.5, 0.6) is 0 Å². The van der Waals surface area contributed by atoms with Gasteiger partial charge in [0.2, 0.25) is 0 Å². The second-order valence-corrected chi connectivity index (χ2v) is 7.10. The summed E-state index contributed by atoms with van der Waals surface area (Å²) >= 11 is 0. The van der Waals surface area contributed by atoms with Crippen molar-refractivity contribution in [1.82, 2.24) is 5.32 Å². The molecule has 0 bridgehead atoms. The van der Waals surface area contributed by atoms with E-state index in [4.69, 9.17) is 0 Å². The van der Waals surface area contributed by atoms with Crippen LogP contribution in [-0.4, -0.2) is 28.2 Å². The maximum absolute atomic E-state index is 12.6. The molecule has 1 aromatic carbocycles. The summed E-state index contributed by atoms with van der Waals surface area (Å²) in [6.07, 6.45) is 1.66. The average molecular weight is 251 g/mol. The van der Waals surface area contributed by atoms with Crippen LogP contribution >= 0.6 is 0 Å². The highest BCUT2D eigenvalue weighted by Crippen LogP contribution is 2.47. The smallest absolute Gasteiger partial charge is 0.196 e. The molecule has 0 amide bonds. The molecule has 5 heteroatoms. The molecular weight excluding hydrogens is 233 g/mol. The zero-order valence-electron chi connectivity index (χ0n) is 10.5. The molecule has 0 aliphatic heterocycles. The Labute approximate surface area is 104 Å². The van der Waals surface area contributed by atoms with Gasteiger partial charge in [-0.2, -0.15) is 0 Å². The molecule has 0 aromatic heterocycles. The lowest BCUT2D eigenvalue weighted by Crippen LogP contribution is -2.59. The number of benzene rings is 1.